The molecule has 1 aromatic heterocycles. The molecule has 0 bridgehead atoms. The van der Waals surface area contributed by atoms with Gasteiger partial charge in [0.1, 0.15) is 11.3 Å². The predicted molar refractivity (Wildman–Crippen MR) is 84.8 cm³/mol. The smallest absolute Gasteiger partial charge is 0.318 e. The van der Waals surface area contributed by atoms with Gasteiger partial charge in [-0.15, -0.1) is 0 Å². The van der Waals surface area contributed by atoms with Gasteiger partial charge in [0.15, 0.2) is 0 Å². The molecule has 1 N–H and O–H groups in total. The Kier molecular flexibility index (Phi) is 3.83. The fourth-order valence-electron chi connectivity index (χ4n) is 2.75. The van der Waals surface area contributed by atoms with E-state index in [9.17, 15) is 4.79 Å². The molecule has 1 aromatic carbocycles. The van der Waals surface area contributed by atoms with Crippen LogP contribution in [-0.2, 0) is 4.74 Å². The number of ether oxygens (including phenoxy) is 1. The van der Waals surface area contributed by atoms with Crippen LogP contribution < -0.4 is 5.32 Å². The number of morpholine rings is 1. The molecule has 5 heteroatoms. The third kappa shape index (κ3) is 3.09. The Morgan fingerprint density at radius 3 is 2.86 bits per heavy atom. The number of hydrogen-bond donors (Lipinski definition) is 1. The Bertz CT molecular complexity index is 644. The minimum atomic E-state index is -0.293. The number of amides is 2. The minimum absolute atomic E-state index is 0.0793. The summed E-state index contributed by atoms with van der Waals surface area (Å²) in [7, 11) is 0. The van der Waals surface area contributed by atoms with Gasteiger partial charge in [-0.2, -0.15) is 0 Å². The van der Waals surface area contributed by atoms with E-state index >= 15 is 0 Å². The summed E-state index contributed by atoms with van der Waals surface area (Å²) >= 11 is 0. The summed E-state index contributed by atoms with van der Waals surface area (Å²) in [5.74, 6) is 0.766. The maximum absolute atomic E-state index is 12.4. The van der Waals surface area contributed by atoms with Gasteiger partial charge >= 0.3 is 6.03 Å². The van der Waals surface area contributed by atoms with Crippen LogP contribution in [0.4, 0.5) is 4.79 Å². The van der Waals surface area contributed by atoms with Crippen LogP contribution >= 0.6 is 0 Å². The van der Waals surface area contributed by atoms with E-state index in [2.05, 4.69) is 5.32 Å². The second-order valence-corrected chi connectivity index (χ2v) is 6.39. The van der Waals surface area contributed by atoms with E-state index in [4.69, 9.17) is 9.15 Å². The molecule has 2 heterocycles. The van der Waals surface area contributed by atoms with Crippen LogP contribution in [0.3, 0.4) is 0 Å². The maximum Gasteiger partial charge on any atom is 0.318 e. The van der Waals surface area contributed by atoms with Crippen LogP contribution in [0.15, 0.2) is 34.7 Å². The van der Waals surface area contributed by atoms with Gasteiger partial charge in [-0.25, -0.2) is 4.79 Å². The van der Waals surface area contributed by atoms with Crippen molar-refractivity contribution < 1.29 is 13.9 Å². The Morgan fingerprint density at radius 1 is 1.36 bits per heavy atom. The highest BCUT2D eigenvalue weighted by atomic mass is 16.5. The fourth-order valence-corrected chi connectivity index (χ4v) is 2.75. The molecule has 1 aliphatic rings. The summed E-state index contributed by atoms with van der Waals surface area (Å²) in [4.78, 5) is 14.2. The number of rotatable bonds is 2. The molecule has 1 aliphatic heterocycles. The third-order valence-electron chi connectivity index (χ3n) is 3.92. The molecule has 22 heavy (non-hydrogen) atoms. The topological polar surface area (TPSA) is 54.7 Å². The number of carbonyl (C=O) groups excluding carboxylic acids is 1. The summed E-state index contributed by atoms with van der Waals surface area (Å²) in [5, 5.41) is 4.05. The first-order valence-corrected chi connectivity index (χ1v) is 7.62. The quantitative estimate of drug-likeness (QED) is 0.926. The Labute approximate surface area is 130 Å². The van der Waals surface area contributed by atoms with E-state index in [1.54, 1.807) is 4.90 Å². The monoisotopic (exact) mass is 302 g/mol. The molecule has 1 atom stereocenters. The van der Waals surface area contributed by atoms with Crippen LogP contribution in [0.1, 0.15) is 32.6 Å². The Balaban J connectivity index is 1.68. The van der Waals surface area contributed by atoms with E-state index in [1.165, 1.54) is 0 Å². The van der Waals surface area contributed by atoms with E-state index in [0.29, 0.717) is 19.7 Å². The van der Waals surface area contributed by atoms with Crippen molar-refractivity contribution in [1.29, 1.82) is 0 Å². The van der Waals surface area contributed by atoms with E-state index in [-0.39, 0.29) is 17.7 Å². The minimum Gasteiger partial charge on any atom is -0.459 e. The van der Waals surface area contributed by atoms with Crippen molar-refractivity contribution in [2.45, 2.75) is 32.4 Å². The molecule has 5 nitrogen and oxygen atoms in total. The molecule has 1 unspecified atom stereocenters. The Morgan fingerprint density at radius 2 is 2.14 bits per heavy atom. The van der Waals surface area contributed by atoms with Gasteiger partial charge in [0.2, 0.25) is 0 Å². The molecule has 0 radical (unpaired) electrons. The standard InChI is InChI=1S/C17H22N2O3/c1-12(15-10-13-6-4-5-7-14(13)22-15)18-16(20)19-8-9-21-17(2,3)11-19/h4-7,10,12H,8-9,11H2,1-3H3,(H,18,20). The second kappa shape index (κ2) is 5.65. The predicted octanol–water partition coefficient (Wildman–Crippen LogP) is 3.31. The molecule has 2 amide bonds. The maximum atomic E-state index is 12.4. The lowest BCUT2D eigenvalue weighted by Crippen LogP contribution is -2.53. The zero-order chi connectivity index (χ0) is 15.7. The van der Waals surface area contributed by atoms with Crippen LogP contribution in [0.2, 0.25) is 0 Å². The van der Waals surface area contributed by atoms with E-state index < -0.39 is 0 Å². The van der Waals surface area contributed by atoms with E-state index in [1.807, 2.05) is 51.1 Å². The van der Waals surface area contributed by atoms with Gasteiger partial charge in [0.25, 0.3) is 0 Å². The first-order valence-electron chi connectivity index (χ1n) is 7.62. The van der Waals surface area contributed by atoms with Gasteiger partial charge in [-0.05, 0) is 32.9 Å². The first-order chi connectivity index (χ1) is 10.4. The number of furan rings is 1. The van der Waals surface area contributed by atoms with Gasteiger partial charge in [0, 0.05) is 11.9 Å². The average molecular weight is 302 g/mol. The van der Waals surface area contributed by atoms with Crippen molar-refractivity contribution >= 4 is 17.0 Å². The van der Waals surface area contributed by atoms with Crippen LogP contribution in [0.5, 0.6) is 0 Å². The van der Waals surface area contributed by atoms with Crippen LogP contribution in [0.25, 0.3) is 11.0 Å². The number of para-hydroxylation sites is 1. The SMILES string of the molecule is CC(NC(=O)N1CCOC(C)(C)C1)c1cc2ccccc2o1. The molecule has 3 rings (SSSR count). The molecule has 0 saturated carbocycles. The van der Waals surface area contributed by atoms with Crippen molar-refractivity contribution in [3.63, 3.8) is 0 Å². The van der Waals surface area contributed by atoms with Gasteiger partial charge in [-0.1, -0.05) is 18.2 Å². The van der Waals surface area contributed by atoms with Gasteiger partial charge in [0.05, 0.1) is 24.8 Å². The van der Waals surface area contributed by atoms with Crippen molar-refractivity contribution in [1.82, 2.24) is 10.2 Å². The molecular formula is C17H22N2O3. The molecule has 0 aliphatic carbocycles. The van der Waals surface area contributed by atoms with Crippen molar-refractivity contribution in [3.05, 3.63) is 36.1 Å². The number of fused-ring (bicyclic) bond motifs is 1. The lowest BCUT2D eigenvalue weighted by Gasteiger charge is -2.38. The number of urea groups is 1. The largest absolute Gasteiger partial charge is 0.459 e. The number of hydrogen-bond acceptors (Lipinski definition) is 3. The molecule has 1 fully saturated rings. The lowest BCUT2D eigenvalue weighted by molar-refractivity contribution is -0.0735. The summed E-state index contributed by atoms with van der Waals surface area (Å²) in [6.07, 6.45) is 0. The highest BCUT2D eigenvalue weighted by Crippen LogP contribution is 2.24. The van der Waals surface area contributed by atoms with Gasteiger partial charge in [-0.3, -0.25) is 0 Å². The summed E-state index contributed by atoms with van der Waals surface area (Å²) in [5.41, 5.74) is 0.546. The number of carbonyl (C=O) groups is 1. The molecule has 118 valence electrons. The summed E-state index contributed by atoms with van der Waals surface area (Å²) < 4.78 is 11.4. The van der Waals surface area contributed by atoms with Crippen LogP contribution in [-0.4, -0.2) is 36.2 Å². The number of nitrogens with one attached hydrogen (secondary N) is 1. The average Bonchev–Trinajstić information content (AvgIpc) is 2.90. The normalized spacial score (nSPS) is 19.1. The molecule has 2 aromatic rings. The Hall–Kier alpha value is -2.01. The highest BCUT2D eigenvalue weighted by Gasteiger charge is 2.30. The lowest BCUT2D eigenvalue weighted by atomic mass is 10.1. The van der Waals surface area contributed by atoms with Crippen molar-refractivity contribution in [3.8, 4) is 0 Å². The third-order valence-corrected chi connectivity index (χ3v) is 3.92. The molecule has 1 saturated heterocycles. The summed E-state index contributed by atoms with van der Waals surface area (Å²) in [6, 6.07) is 9.56. The second-order valence-electron chi connectivity index (χ2n) is 6.39. The van der Waals surface area contributed by atoms with E-state index in [0.717, 1.165) is 16.7 Å². The van der Waals surface area contributed by atoms with Crippen molar-refractivity contribution in [2.24, 2.45) is 0 Å². The molecular weight excluding hydrogens is 280 g/mol. The van der Waals surface area contributed by atoms with Gasteiger partial charge < -0.3 is 19.4 Å². The first kappa shape index (κ1) is 14.9. The zero-order valence-electron chi connectivity index (χ0n) is 13.3. The summed E-state index contributed by atoms with van der Waals surface area (Å²) in [6.45, 7) is 7.69. The number of benzene rings is 1. The van der Waals surface area contributed by atoms with Crippen molar-refractivity contribution in [2.75, 3.05) is 19.7 Å². The van der Waals surface area contributed by atoms with Crippen LogP contribution in [0, 0.1) is 0 Å². The number of nitrogens with zero attached hydrogens (tertiary/aromatic N) is 1. The highest BCUT2D eigenvalue weighted by molar-refractivity contribution is 5.78. The molecule has 0 spiro atoms. The fraction of sp³-hybridized carbons (Fsp3) is 0.471. The zero-order valence-corrected chi connectivity index (χ0v) is 13.3.